The zero-order valence-corrected chi connectivity index (χ0v) is 22.1. The monoisotopic (exact) mass is 508 g/mol. The van der Waals surface area contributed by atoms with E-state index in [9.17, 15) is 9.59 Å². The first-order valence-corrected chi connectivity index (χ1v) is 12.8. The van der Waals surface area contributed by atoms with Crippen LogP contribution in [0.2, 0.25) is 0 Å². The Morgan fingerprint density at radius 1 is 1.14 bits per heavy atom. The maximum atomic E-state index is 13.5. The fraction of sp³-hybridized carbons (Fsp3) is 0.481. The van der Waals surface area contributed by atoms with Crippen LogP contribution >= 0.6 is 0 Å². The van der Waals surface area contributed by atoms with Gasteiger partial charge in [0.1, 0.15) is 18.0 Å². The van der Waals surface area contributed by atoms with Crippen LogP contribution in [0.5, 0.6) is 11.6 Å². The number of likely N-dealkylation sites (N-methyl/N-ethyl adjacent to an activating group) is 1. The number of hydrogen-bond donors (Lipinski definition) is 0. The third-order valence-corrected chi connectivity index (χ3v) is 6.52. The van der Waals surface area contributed by atoms with Crippen LogP contribution in [-0.2, 0) is 17.9 Å². The molecule has 10 heteroatoms. The van der Waals surface area contributed by atoms with Crippen molar-refractivity contribution in [3.63, 3.8) is 0 Å². The number of hydrogen-bond acceptors (Lipinski definition) is 6. The van der Waals surface area contributed by atoms with E-state index in [2.05, 4.69) is 16.9 Å². The zero-order valence-electron chi connectivity index (χ0n) is 22.1. The van der Waals surface area contributed by atoms with Crippen LogP contribution in [0.4, 0.5) is 10.6 Å². The average molecular weight is 509 g/mol. The highest BCUT2D eigenvalue weighted by atomic mass is 16.5. The number of nitrogens with zero attached hydrogens (tertiary/aromatic N) is 6. The van der Waals surface area contributed by atoms with Crippen LogP contribution in [0.1, 0.15) is 38.2 Å². The summed E-state index contributed by atoms with van der Waals surface area (Å²) < 4.78 is 13.1. The van der Waals surface area contributed by atoms with E-state index in [0.717, 1.165) is 42.3 Å². The van der Waals surface area contributed by atoms with Gasteiger partial charge in [0.2, 0.25) is 5.91 Å². The van der Waals surface area contributed by atoms with E-state index in [-0.39, 0.29) is 18.5 Å². The Balaban J connectivity index is 1.51. The molecule has 3 amide bonds. The van der Waals surface area contributed by atoms with Gasteiger partial charge in [0.05, 0.1) is 13.7 Å². The molecule has 1 fully saturated rings. The molecule has 0 unspecified atom stereocenters. The van der Waals surface area contributed by atoms with Crippen LogP contribution in [0.3, 0.4) is 0 Å². The van der Waals surface area contributed by atoms with Gasteiger partial charge in [0.15, 0.2) is 5.75 Å². The number of ether oxygens (including phenoxy) is 2. The Labute approximate surface area is 217 Å². The van der Waals surface area contributed by atoms with Crippen molar-refractivity contribution in [1.82, 2.24) is 24.3 Å². The fourth-order valence-electron chi connectivity index (χ4n) is 4.39. The number of methoxy groups -OCH3 is 1. The van der Waals surface area contributed by atoms with Crippen molar-refractivity contribution in [1.29, 1.82) is 0 Å². The first-order valence-electron chi connectivity index (χ1n) is 12.8. The second kappa shape index (κ2) is 11.9. The highest BCUT2D eigenvalue weighted by Crippen LogP contribution is 2.30. The summed E-state index contributed by atoms with van der Waals surface area (Å²) in [5.41, 5.74) is 1.72. The van der Waals surface area contributed by atoms with Gasteiger partial charge in [-0.2, -0.15) is 4.98 Å². The molecule has 1 saturated heterocycles. The van der Waals surface area contributed by atoms with Crippen molar-refractivity contribution in [2.75, 3.05) is 45.8 Å². The molecule has 4 heterocycles. The summed E-state index contributed by atoms with van der Waals surface area (Å²) in [6.45, 7) is 4.59. The zero-order chi connectivity index (χ0) is 26.4. The Morgan fingerprint density at radius 3 is 2.73 bits per heavy atom. The predicted molar refractivity (Wildman–Crippen MR) is 142 cm³/mol. The largest absolute Gasteiger partial charge is 0.491 e. The standard InChI is InChI=1S/C27H36N6O4/c1-5-6-7-17-37-26-22(36-4)9-10-23(29-26)33-15-8-14-32(27(33)35)18-20-11-13-28-25-21(20)12-16-31(25)19-24(34)30(2)3/h9-13,16H,5-8,14-15,17-19H2,1-4H3. The van der Waals surface area contributed by atoms with Gasteiger partial charge in [-0.15, -0.1) is 0 Å². The average Bonchev–Trinajstić information content (AvgIpc) is 3.31. The maximum absolute atomic E-state index is 13.5. The molecule has 10 nitrogen and oxygen atoms in total. The summed E-state index contributed by atoms with van der Waals surface area (Å²) in [5.74, 6) is 1.50. The molecule has 0 saturated carbocycles. The van der Waals surface area contributed by atoms with Gasteiger partial charge in [0.25, 0.3) is 5.88 Å². The quantitative estimate of drug-likeness (QED) is 0.365. The highest BCUT2D eigenvalue weighted by Gasteiger charge is 2.29. The van der Waals surface area contributed by atoms with Crippen molar-refractivity contribution < 1.29 is 19.1 Å². The van der Waals surface area contributed by atoms with E-state index < -0.39 is 0 Å². The summed E-state index contributed by atoms with van der Waals surface area (Å²) in [6, 6.07) is 7.38. The number of urea groups is 1. The van der Waals surface area contributed by atoms with Gasteiger partial charge < -0.3 is 23.8 Å². The number of pyridine rings is 2. The van der Waals surface area contributed by atoms with E-state index in [1.807, 2.05) is 27.8 Å². The lowest BCUT2D eigenvalue weighted by Gasteiger charge is -2.35. The summed E-state index contributed by atoms with van der Waals surface area (Å²) in [6.07, 6.45) is 7.55. The SMILES string of the molecule is CCCCCOc1nc(N2CCCN(Cc3ccnc4c3ccn4CC(=O)N(C)C)C2=O)ccc1OC. The van der Waals surface area contributed by atoms with E-state index in [4.69, 9.17) is 9.47 Å². The van der Waals surface area contributed by atoms with E-state index >= 15 is 0 Å². The molecule has 198 valence electrons. The van der Waals surface area contributed by atoms with E-state index in [0.29, 0.717) is 43.7 Å². The van der Waals surface area contributed by atoms with Gasteiger partial charge in [-0.3, -0.25) is 9.69 Å². The van der Waals surface area contributed by atoms with Crippen molar-refractivity contribution in [3.8, 4) is 11.6 Å². The molecular formula is C27H36N6O4. The number of fused-ring (bicyclic) bond motifs is 1. The smallest absolute Gasteiger partial charge is 0.325 e. The number of amides is 3. The van der Waals surface area contributed by atoms with Crippen LogP contribution in [0.25, 0.3) is 11.0 Å². The first kappa shape index (κ1) is 26.2. The lowest BCUT2D eigenvalue weighted by molar-refractivity contribution is -0.129. The minimum absolute atomic E-state index is 0.00717. The molecular weight excluding hydrogens is 472 g/mol. The fourth-order valence-corrected chi connectivity index (χ4v) is 4.39. The summed E-state index contributed by atoms with van der Waals surface area (Å²) in [5, 5.41) is 0.935. The molecule has 0 atom stereocenters. The van der Waals surface area contributed by atoms with Gasteiger partial charge >= 0.3 is 6.03 Å². The van der Waals surface area contributed by atoms with Crippen molar-refractivity contribution in [3.05, 3.63) is 42.2 Å². The first-order chi connectivity index (χ1) is 17.9. The molecule has 0 spiro atoms. The Hall–Kier alpha value is -3.82. The number of carbonyl (C=O) groups is 2. The molecule has 4 rings (SSSR count). The van der Waals surface area contributed by atoms with Crippen LogP contribution in [0.15, 0.2) is 36.7 Å². The third kappa shape index (κ3) is 5.95. The molecule has 1 aliphatic rings. The molecule has 1 aliphatic heterocycles. The maximum Gasteiger partial charge on any atom is 0.325 e. The van der Waals surface area contributed by atoms with Crippen molar-refractivity contribution >= 4 is 28.8 Å². The van der Waals surface area contributed by atoms with Crippen molar-refractivity contribution in [2.45, 2.75) is 45.7 Å². The van der Waals surface area contributed by atoms with Crippen LogP contribution in [-0.4, -0.2) is 77.2 Å². The molecule has 0 aromatic carbocycles. The second-order valence-corrected chi connectivity index (χ2v) is 9.38. The number of anilines is 1. The number of carbonyl (C=O) groups excluding carboxylic acids is 2. The van der Waals surface area contributed by atoms with Gasteiger partial charge in [-0.1, -0.05) is 19.8 Å². The Kier molecular flexibility index (Phi) is 8.47. The molecule has 3 aromatic heterocycles. The van der Waals surface area contributed by atoms with Crippen LogP contribution < -0.4 is 14.4 Å². The molecule has 0 aliphatic carbocycles. The lowest BCUT2D eigenvalue weighted by atomic mass is 10.1. The number of aromatic nitrogens is 3. The molecule has 3 aromatic rings. The molecule has 0 bridgehead atoms. The van der Waals surface area contributed by atoms with Gasteiger partial charge in [-0.25, -0.2) is 9.78 Å². The van der Waals surface area contributed by atoms with Gasteiger partial charge in [-0.05, 0) is 42.7 Å². The second-order valence-electron chi connectivity index (χ2n) is 9.38. The lowest BCUT2D eigenvalue weighted by Crippen LogP contribution is -2.49. The van der Waals surface area contributed by atoms with Crippen molar-refractivity contribution in [2.24, 2.45) is 0 Å². The van der Waals surface area contributed by atoms with Gasteiger partial charge in [0, 0.05) is 51.5 Å². The number of unbranched alkanes of at least 4 members (excludes halogenated alkanes) is 2. The summed E-state index contributed by atoms with van der Waals surface area (Å²) in [4.78, 5) is 40.0. The van der Waals surface area contributed by atoms with E-state index in [1.165, 1.54) is 0 Å². The third-order valence-electron chi connectivity index (χ3n) is 6.52. The molecule has 0 radical (unpaired) electrons. The highest BCUT2D eigenvalue weighted by molar-refractivity contribution is 5.92. The Morgan fingerprint density at radius 2 is 1.97 bits per heavy atom. The normalized spacial score (nSPS) is 13.8. The predicted octanol–water partition coefficient (Wildman–Crippen LogP) is 3.93. The molecule has 0 N–H and O–H groups in total. The summed E-state index contributed by atoms with van der Waals surface area (Å²) in [7, 11) is 5.06. The number of rotatable bonds is 11. The summed E-state index contributed by atoms with van der Waals surface area (Å²) >= 11 is 0. The minimum atomic E-state index is -0.104. The van der Waals surface area contributed by atoms with Crippen LogP contribution in [0, 0.1) is 0 Å². The van der Waals surface area contributed by atoms with E-state index in [1.54, 1.807) is 49.3 Å². The molecule has 37 heavy (non-hydrogen) atoms. The Bertz CT molecular complexity index is 1240. The topological polar surface area (TPSA) is 93.0 Å². The minimum Gasteiger partial charge on any atom is -0.491 e.